The summed E-state index contributed by atoms with van der Waals surface area (Å²) < 4.78 is 0.380. The molecule has 3 heteroatoms. The molecule has 0 aliphatic heterocycles. The van der Waals surface area contributed by atoms with Crippen LogP contribution >= 0.6 is 11.8 Å². The Morgan fingerprint density at radius 1 is 1.20 bits per heavy atom. The van der Waals surface area contributed by atoms with E-state index in [2.05, 4.69) is 11.6 Å². The van der Waals surface area contributed by atoms with Crippen LogP contribution in [0.3, 0.4) is 0 Å². The third-order valence-corrected chi connectivity index (χ3v) is 5.93. The first-order chi connectivity index (χ1) is 9.58. The molecule has 1 saturated carbocycles. The molecule has 0 saturated heterocycles. The van der Waals surface area contributed by atoms with Crippen molar-refractivity contribution in [3.8, 4) is 0 Å². The lowest BCUT2D eigenvalue weighted by Crippen LogP contribution is -2.44. The van der Waals surface area contributed by atoms with E-state index in [0.717, 1.165) is 12.1 Å². The Morgan fingerprint density at radius 2 is 1.85 bits per heavy atom. The molecule has 2 rings (SSSR count). The van der Waals surface area contributed by atoms with Crippen molar-refractivity contribution in [2.24, 2.45) is 0 Å². The topological polar surface area (TPSA) is 32.3 Å². The number of hydrogen-bond acceptors (Lipinski definition) is 3. The van der Waals surface area contributed by atoms with Crippen LogP contribution in [0, 0.1) is 0 Å². The molecule has 1 aliphatic rings. The summed E-state index contributed by atoms with van der Waals surface area (Å²) >= 11 is 2.00. The highest BCUT2D eigenvalue weighted by Gasteiger charge is 2.32. The standard InChI is InChI=1S/C17H27NOS/c1-16(19,15-9-5-3-6-10-15)13-18-14-17(20-2)11-7-4-8-12-17/h3,5-6,9-10,18-19H,4,7-8,11-14H2,1-2H3. The number of thioether (sulfide) groups is 1. The van der Waals surface area contributed by atoms with Gasteiger partial charge in [-0.05, 0) is 31.6 Å². The maximum Gasteiger partial charge on any atom is 0.0992 e. The quantitative estimate of drug-likeness (QED) is 0.841. The molecule has 0 aromatic heterocycles. The summed E-state index contributed by atoms with van der Waals surface area (Å²) in [5, 5.41) is 14.1. The van der Waals surface area contributed by atoms with Gasteiger partial charge in [0.25, 0.3) is 0 Å². The van der Waals surface area contributed by atoms with E-state index in [1.807, 2.05) is 49.0 Å². The molecule has 1 atom stereocenters. The van der Waals surface area contributed by atoms with Crippen molar-refractivity contribution in [2.45, 2.75) is 49.4 Å². The van der Waals surface area contributed by atoms with Crippen LogP contribution in [-0.4, -0.2) is 29.2 Å². The Labute approximate surface area is 127 Å². The van der Waals surface area contributed by atoms with Crippen molar-refractivity contribution in [2.75, 3.05) is 19.3 Å². The fraction of sp³-hybridized carbons (Fsp3) is 0.647. The minimum Gasteiger partial charge on any atom is -0.384 e. The molecule has 2 N–H and O–H groups in total. The molecule has 1 fully saturated rings. The van der Waals surface area contributed by atoms with Gasteiger partial charge in [-0.1, -0.05) is 49.6 Å². The number of nitrogens with one attached hydrogen (secondary N) is 1. The summed E-state index contributed by atoms with van der Waals surface area (Å²) in [4.78, 5) is 0. The lowest BCUT2D eigenvalue weighted by atomic mass is 9.88. The van der Waals surface area contributed by atoms with Gasteiger partial charge < -0.3 is 10.4 Å². The second kappa shape index (κ2) is 6.97. The molecule has 1 aromatic rings. The number of benzene rings is 1. The second-order valence-corrected chi connectivity index (χ2v) is 7.47. The van der Waals surface area contributed by atoms with Crippen LogP contribution < -0.4 is 5.32 Å². The molecule has 0 heterocycles. The lowest BCUT2D eigenvalue weighted by molar-refractivity contribution is 0.0561. The zero-order valence-corrected chi connectivity index (χ0v) is 13.5. The average molecular weight is 293 g/mol. The molecule has 2 nitrogen and oxygen atoms in total. The summed E-state index contributed by atoms with van der Waals surface area (Å²) in [7, 11) is 0. The van der Waals surface area contributed by atoms with E-state index in [4.69, 9.17) is 0 Å². The van der Waals surface area contributed by atoms with Gasteiger partial charge in [0.1, 0.15) is 0 Å². The highest BCUT2D eigenvalue weighted by molar-refractivity contribution is 8.00. The Hall–Kier alpha value is -0.510. The van der Waals surface area contributed by atoms with Gasteiger partial charge >= 0.3 is 0 Å². The molecule has 0 bridgehead atoms. The summed E-state index contributed by atoms with van der Waals surface area (Å²) in [6.07, 6.45) is 8.89. The van der Waals surface area contributed by atoms with Crippen LogP contribution in [0.25, 0.3) is 0 Å². The first kappa shape index (κ1) is 15.9. The smallest absolute Gasteiger partial charge is 0.0992 e. The Kier molecular flexibility index (Phi) is 5.53. The Bertz CT molecular complexity index is 399. The van der Waals surface area contributed by atoms with Gasteiger partial charge in [0, 0.05) is 17.8 Å². The molecule has 0 radical (unpaired) electrons. The van der Waals surface area contributed by atoms with Gasteiger partial charge in [0.15, 0.2) is 0 Å². The zero-order chi connectivity index (χ0) is 14.5. The fourth-order valence-electron chi connectivity index (χ4n) is 3.08. The monoisotopic (exact) mass is 293 g/mol. The molecule has 1 unspecified atom stereocenters. The zero-order valence-electron chi connectivity index (χ0n) is 12.7. The largest absolute Gasteiger partial charge is 0.384 e. The van der Waals surface area contributed by atoms with E-state index in [1.165, 1.54) is 32.1 Å². The van der Waals surface area contributed by atoms with Crippen LogP contribution in [0.4, 0.5) is 0 Å². The van der Waals surface area contributed by atoms with E-state index in [1.54, 1.807) is 0 Å². The van der Waals surface area contributed by atoms with Gasteiger partial charge in [-0.3, -0.25) is 0 Å². The summed E-state index contributed by atoms with van der Waals surface area (Å²) in [6, 6.07) is 9.93. The first-order valence-electron chi connectivity index (χ1n) is 7.62. The van der Waals surface area contributed by atoms with Gasteiger partial charge in [0.2, 0.25) is 0 Å². The third-order valence-electron chi connectivity index (χ3n) is 4.51. The minimum atomic E-state index is -0.796. The van der Waals surface area contributed by atoms with Crippen LogP contribution in [0.5, 0.6) is 0 Å². The van der Waals surface area contributed by atoms with E-state index in [9.17, 15) is 5.11 Å². The highest BCUT2D eigenvalue weighted by Crippen LogP contribution is 2.38. The van der Waals surface area contributed by atoms with Crippen molar-refractivity contribution < 1.29 is 5.11 Å². The maximum atomic E-state index is 10.6. The lowest BCUT2D eigenvalue weighted by Gasteiger charge is -2.37. The molecule has 20 heavy (non-hydrogen) atoms. The van der Waals surface area contributed by atoms with Crippen molar-refractivity contribution >= 4 is 11.8 Å². The van der Waals surface area contributed by atoms with Crippen molar-refractivity contribution in [1.29, 1.82) is 0 Å². The van der Waals surface area contributed by atoms with Crippen LogP contribution in [-0.2, 0) is 5.60 Å². The fourth-order valence-corrected chi connectivity index (χ4v) is 4.03. The van der Waals surface area contributed by atoms with E-state index >= 15 is 0 Å². The summed E-state index contributed by atoms with van der Waals surface area (Å²) in [5.41, 5.74) is 0.185. The average Bonchev–Trinajstić information content (AvgIpc) is 2.49. The van der Waals surface area contributed by atoms with Crippen LogP contribution in [0.2, 0.25) is 0 Å². The predicted octanol–water partition coefficient (Wildman–Crippen LogP) is 3.55. The molecule has 1 aromatic carbocycles. The van der Waals surface area contributed by atoms with E-state index in [0.29, 0.717) is 11.3 Å². The van der Waals surface area contributed by atoms with Crippen molar-refractivity contribution in [3.63, 3.8) is 0 Å². The molecule has 112 valence electrons. The molecule has 0 spiro atoms. The van der Waals surface area contributed by atoms with Gasteiger partial charge in [-0.25, -0.2) is 0 Å². The highest BCUT2D eigenvalue weighted by atomic mass is 32.2. The normalized spacial score (nSPS) is 21.4. The van der Waals surface area contributed by atoms with Crippen LogP contribution in [0.15, 0.2) is 30.3 Å². The van der Waals surface area contributed by atoms with Gasteiger partial charge in [-0.15, -0.1) is 0 Å². The molecule has 1 aliphatic carbocycles. The van der Waals surface area contributed by atoms with Crippen molar-refractivity contribution in [1.82, 2.24) is 5.32 Å². The van der Waals surface area contributed by atoms with Crippen LogP contribution in [0.1, 0.15) is 44.6 Å². The number of hydrogen-bond donors (Lipinski definition) is 2. The number of aliphatic hydroxyl groups is 1. The van der Waals surface area contributed by atoms with E-state index in [-0.39, 0.29) is 0 Å². The minimum absolute atomic E-state index is 0.380. The first-order valence-corrected chi connectivity index (χ1v) is 8.84. The summed E-state index contributed by atoms with van der Waals surface area (Å²) in [5.74, 6) is 0. The van der Waals surface area contributed by atoms with Gasteiger partial charge in [0.05, 0.1) is 5.60 Å². The number of rotatable bonds is 6. The summed E-state index contributed by atoms with van der Waals surface area (Å²) in [6.45, 7) is 3.50. The molecule has 0 amide bonds. The maximum absolute atomic E-state index is 10.6. The molecular formula is C17H27NOS. The Balaban J connectivity index is 1.88. The Morgan fingerprint density at radius 3 is 2.45 bits per heavy atom. The van der Waals surface area contributed by atoms with E-state index < -0.39 is 5.60 Å². The molecular weight excluding hydrogens is 266 g/mol. The predicted molar refractivity (Wildman–Crippen MR) is 88.2 cm³/mol. The second-order valence-electron chi connectivity index (χ2n) is 6.19. The third kappa shape index (κ3) is 4.00. The SMILES string of the molecule is CSC1(CNCC(C)(O)c2ccccc2)CCCCC1. The van der Waals surface area contributed by atoms with Crippen molar-refractivity contribution in [3.05, 3.63) is 35.9 Å². The van der Waals surface area contributed by atoms with Gasteiger partial charge in [-0.2, -0.15) is 11.8 Å².